The number of carbonyl (C=O) groups excluding carboxylic acids is 1. The summed E-state index contributed by atoms with van der Waals surface area (Å²) in [7, 11) is 1.92. The predicted molar refractivity (Wildman–Crippen MR) is 164 cm³/mol. The van der Waals surface area contributed by atoms with Crippen molar-refractivity contribution in [3.63, 3.8) is 0 Å². The summed E-state index contributed by atoms with van der Waals surface area (Å²) in [6.07, 6.45) is 2.10. The molecule has 3 aromatic heterocycles. The molecule has 0 aliphatic carbocycles. The van der Waals surface area contributed by atoms with E-state index >= 15 is 4.39 Å². The van der Waals surface area contributed by atoms with Gasteiger partial charge in [-0.15, -0.1) is 0 Å². The highest BCUT2D eigenvalue weighted by atomic mass is 32.1. The number of rotatable bonds is 5. The molecule has 2 amide bonds. The first kappa shape index (κ1) is 27.6. The summed E-state index contributed by atoms with van der Waals surface area (Å²) in [5.41, 5.74) is 5.68. The third-order valence-corrected chi connectivity index (χ3v) is 9.78. The number of morpholine rings is 1. The quantitative estimate of drug-likeness (QED) is 0.328. The lowest BCUT2D eigenvalue weighted by Gasteiger charge is -2.61. The van der Waals surface area contributed by atoms with Gasteiger partial charge in [0.2, 0.25) is 0 Å². The maximum atomic E-state index is 15.5. The molecular formula is C31H33FN8O2S. The second-order valence-corrected chi connectivity index (χ2v) is 12.8. The molecule has 222 valence electrons. The van der Waals surface area contributed by atoms with E-state index < -0.39 is 0 Å². The molecule has 10 nitrogen and oxygen atoms in total. The van der Waals surface area contributed by atoms with Crippen LogP contribution in [0, 0.1) is 29.5 Å². The number of likely N-dealkylation sites (tertiary alicyclic amines) is 1. The molecule has 7 rings (SSSR count). The molecule has 0 atom stereocenters. The van der Waals surface area contributed by atoms with E-state index in [1.165, 1.54) is 17.5 Å². The van der Waals surface area contributed by atoms with Gasteiger partial charge in [0.25, 0.3) is 0 Å². The van der Waals surface area contributed by atoms with Crippen LogP contribution in [-0.2, 0) is 11.2 Å². The lowest BCUT2D eigenvalue weighted by molar-refractivity contribution is -0.0180. The standard InChI is InChI=1S/C31H33FN8O2S/c1-4-23-28(36(3)29-34-27(26(14-33)43-29)21-7-5-20(2)6-8-21)25-13-24(22(32)15-40(25)35-23)38-16-31(17-38)18-39(19-31)30(41)37-9-11-42-12-10-37/h5-8,13,15H,4,9-12,16-19H2,1-3H3. The molecule has 3 saturated heterocycles. The summed E-state index contributed by atoms with van der Waals surface area (Å²) >= 11 is 1.33. The molecule has 3 aliphatic rings. The Morgan fingerprint density at radius 3 is 2.56 bits per heavy atom. The average molecular weight is 601 g/mol. The largest absolute Gasteiger partial charge is 0.378 e. The van der Waals surface area contributed by atoms with Crippen LogP contribution in [0.2, 0.25) is 0 Å². The smallest absolute Gasteiger partial charge is 0.320 e. The van der Waals surface area contributed by atoms with Crippen molar-refractivity contribution >= 4 is 39.4 Å². The van der Waals surface area contributed by atoms with Gasteiger partial charge in [-0.3, -0.25) is 0 Å². The van der Waals surface area contributed by atoms with Gasteiger partial charge in [-0.25, -0.2) is 18.7 Å². The number of urea groups is 1. The first-order chi connectivity index (χ1) is 20.8. The van der Waals surface area contributed by atoms with Gasteiger partial charge in [-0.05, 0) is 19.4 Å². The van der Waals surface area contributed by atoms with Gasteiger partial charge in [0.15, 0.2) is 10.9 Å². The zero-order valence-corrected chi connectivity index (χ0v) is 25.3. The number of benzene rings is 1. The van der Waals surface area contributed by atoms with Crippen LogP contribution in [-0.4, -0.2) is 90.0 Å². The van der Waals surface area contributed by atoms with E-state index in [4.69, 9.17) is 14.8 Å². The average Bonchev–Trinajstić information content (AvgIpc) is 3.57. The molecule has 1 spiro atoms. The Hall–Kier alpha value is -4.21. The SMILES string of the molecule is CCc1nn2cc(F)c(N3CC4(CN(C(=O)N5CCOCC5)C4)C3)cc2c1N(C)c1nc(-c2ccc(C)cc2)c(C#N)s1. The molecule has 0 saturated carbocycles. The Bertz CT molecular complexity index is 1740. The zero-order chi connectivity index (χ0) is 29.9. The van der Waals surface area contributed by atoms with Gasteiger partial charge in [-0.2, -0.15) is 10.4 Å². The molecule has 3 fully saturated rings. The monoisotopic (exact) mass is 600 g/mol. The van der Waals surface area contributed by atoms with E-state index in [0.717, 1.165) is 28.0 Å². The minimum atomic E-state index is -0.329. The molecule has 1 aromatic carbocycles. The number of thiazole rings is 1. The van der Waals surface area contributed by atoms with Crippen LogP contribution in [0.5, 0.6) is 0 Å². The number of aromatic nitrogens is 3. The third-order valence-electron chi connectivity index (χ3n) is 8.74. The number of nitriles is 1. The van der Waals surface area contributed by atoms with Crippen molar-refractivity contribution in [2.24, 2.45) is 5.41 Å². The number of hydrogen-bond donors (Lipinski definition) is 0. The lowest BCUT2D eigenvalue weighted by Crippen LogP contribution is -2.74. The molecular weight excluding hydrogens is 567 g/mol. The fourth-order valence-corrected chi connectivity index (χ4v) is 7.31. The van der Waals surface area contributed by atoms with Crippen LogP contribution in [0.3, 0.4) is 0 Å². The molecule has 43 heavy (non-hydrogen) atoms. The maximum absolute atomic E-state index is 15.5. The molecule has 0 unspecified atom stereocenters. The normalized spacial score (nSPS) is 17.6. The van der Waals surface area contributed by atoms with Crippen molar-refractivity contribution in [3.05, 3.63) is 58.5 Å². The third kappa shape index (κ3) is 4.67. The fourth-order valence-electron chi connectivity index (χ4n) is 6.46. The van der Waals surface area contributed by atoms with Crippen LogP contribution in [0.15, 0.2) is 36.5 Å². The Morgan fingerprint density at radius 1 is 1.16 bits per heavy atom. The summed E-state index contributed by atoms with van der Waals surface area (Å²) in [5.74, 6) is -0.329. The van der Waals surface area contributed by atoms with Gasteiger partial charge < -0.3 is 24.3 Å². The van der Waals surface area contributed by atoms with E-state index in [1.54, 1.807) is 4.52 Å². The number of ether oxygens (including phenoxy) is 1. The van der Waals surface area contributed by atoms with Crippen molar-refractivity contribution in [3.8, 4) is 17.3 Å². The number of amides is 2. The highest BCUT2D eigenvalue weighted by molar-refractivity contribution is 7.16. The number of anilines is 3. The van der Waals surface area contributed by atoms with Crippen LogP contribution in [0.4, 0.5) is 25.7 Å². The van der Waals surface area contributed by atoms with Gasteiger partial charge in [-0.1, -0.05) is 48.1 Å². The molecule has 6 heterocycles. The van der Waals surface area contributed by atoms with Crippen molar-refractivity contribution in [2.75, 3.05) is 69.3 Å². The Morgan fingerprint density at radius 2 is 1.88 bits per heavy atom. The maximum Gasteiger partial charge on any atom is 0.320 e. The minimum absolute atomic E-state index is 0.00984. The number of hydrogen-bond acceptors (Lipinski definition) is 8. The van der Waals surface area contributed by atoms with E-state index in [2.05, 4.69) is 11.0 Å². The first-order valence-corrected chi connectivity index (χ1v) is 15.4. The van der Waals surface area contributed by atoms with Crippen molar-refractivity contribution in [1.82, 2.24) is 24.4 Å². The number of aryl methyl sites for hydroxylation is 2. The molecule has 0 bridgehead atoms. The fraction of sp³-hybridized carbons (Fsp3) is 0.419. The molecule has 0 N–H and O–H groups in total. The van der Waals surface area contributed by atoms with E-state index in [1.807, 2.05) is 65.9 Å². The van der Waals surface area contributed by atoms with Crippen LogP contribution in [0.1, 0.15) is 23.1 Å². The highest BCUT2D eigenvalue weighted by Gasteiger charge is 2.54. The van der Waals surface area contributed by atoms with Crippen LogP contribution >= 0.6 is 11.3 Å². The summed E-state index contributed by atoms with van der Waals surface area (Å²) in [4.78, 5) is 26.0. The number of pyridine rings is 1. The first-order valence-electron chi connectivity index (χ1n) is 14.6. The number of carbonyl (C=O) groups is 1. The van der Waals surface area contributed by atoms with Gasteiger partial charge in [0.05, 0.1) is 42.0 Å². The van der Waals surface area contributed by atoms with E-state index in [0.29, 0.717) is 80.3 Å². The molecule has 12 heteroatoms. The summed E-state index contributed by atoms with van der Waals surface area (Å²) < 4.78 is 22.4. The Balaban J connectivity index is 1.14. The van der Waals surface area contributed by atoms with Gasteiger partial charge >= 0.3 is 6.03 Å². The summed E-state index contributed by atoms with van der Waals surface area (Å²) in [6, 6.07) is 12.2. The summed E-state index contributed by atoms with van der Waals surface area (Å²) in [5, 5.41) is 15.3. The highest BCUT2D eigenvalue weighted by Crippen LogP contribution is 2.44. The zero-order valence-electron chi connectivity index (χ0n) is 24.5. The second-order valence-electron chi connectivity index (χ2n) is 11.8. The second kappa shape index (κ2) is 10.5. The van der Waals surface area contributed by atoms with Crippen LogP contribution < -0.4 is 9.80 Å². The van der Waals surface area contributed by atoms with Gasteiger partial charge in [0.1, 0.15) is 16.6 Å². The van der Waals surface area contributed by atoms with Gasteiger partial charge in [0, 0.05) is 57.3 Å². The lowest BCUT2D eigenvalue weighted by atomic mass is 9.72. The van der Waals surface area contributed by atoms with Crippen molar-refractivity contribution < 1.29 is 13.9 Å². The number of halogens is 1. The predicted octanol–water partition coefficient (Wildman–Crippen LogP) is 4.68. The van der Waals surface area contributed by atoms with Crippen molar-refractivity contribution in [1.29, 1.82) is 5.26 Å². The minimum Gasteiger partial charge on any atom is -0.378 e. The Kier molecular flexibility index (Phi) is 6.74. The molecule has 0 radical (unpaired) electrons. The van der Waals surface area contributed by atoms with E-state index in [9.17, 15) is 10.1 Å². The topological polar surface area (TPSA) is 93.2 Å². The van der Waals surface area contributed by atoms with Crippen molar-refractivity contribution in [2.45, 2.75) is 20.3 Å². The molecule has 4 aromatic rings. The number of nitrogens with zero attached hydrogens (tertiary/aromatic N) is 8. The summed E-state index contributed by atoms with van der Waals surface area (Å²) in [6.45, 7) is 9.27. The number of fused-ring (bicyclic) bond motifs is 1. The Labute approximate surface area is 253 Å². The molecule has 3 aliphatic heterocycles. The van der Waals surface area contributed by atoms with E-state index in [-0.39, 0.29) is 17.3 Å². The van der Waals surface area contributed by atoms with Crippen LogP contribution in [0.25, 0.3) is 16.8 Å².